The molecule has 0 amide bonds. The zero-order valence-corrected chi connectivity index (χ0v) is 12.6. The fourth-order valence-corrected chi connectivity index (χ4v) is 2.47. The number of ether oxygens (including phenoxy) is 1. The zero-order valence-electron chi connectivity index (χ0n) is 11.8. The Labute approximate surface area is 129 Å². The van der Waals surface area contributed by atoms with E-state index in [-0.39, 0.29) is 0 Å². The van der Waals surface area contributed by atoms with Gasteiger partial charge in [-0.2, -0.15) is 0 Å². The Balaban J connectivity index is 1.73. The fourth-order valence-electron chi connectivity index (χ4n) is 2.27. The van der Waals surface area contributed by atoms with Gasteiger partial charge in [0.15, 0.2) is 0 Å². The number of pyridine rings is 1. The van der Waals surface area contributed by atoms with E-state index in [0.29, 0.717) is 11.6 Å². The number of aromatic nitrogens is 1. The third kappa shape index (κ3) is 3.17. The van der Waals surface area contributed by atoms with E-state index in [1.54, 1.807) is 12.3 Å². The highest BCUT2D eigenvalue weighted by atomic mass is 35.5. The van der Waals surface area contributed by atoms with Crippen LogP contribution < -0.4 is 4.74 Å². The number of rotatable bonds is 4. The Morgan fingerprint density at radius 2 is 1.86 bits per heavy atom. The molecule has 1 heterocycles. The van der Waals surface area contributed by atoms with Gasteiger partial charge in [-0.1, -0.05) is 53.6 Å². The highest BCUT2D eigenvalue weighted by Crippen LogP contribution is 2.28. The fraction of sp³-hybridized carbons (Fsp3) is 0.167. The van der Waals surface area contributed by atoms with E-state index < -0.39 is 0 Å². The maximum absolute atomic E-state index is 6.18. The molecule has 0 atom stereocenters. The molecule has 0 aliphatic rings. The van der Waals surface area contributed by atoms with Crippen molar-refractivity contribution in [3.8, 4) is 5.75 Å². The Morgan fingerprint density at radius 3 is 2.67 bits per heavy atom. The van der Waals surface area contributed by atoms with E-state index in [4.69, 9.17) is 16.3 Å². The summed E-state index contributed by atoms with van der Waals surface area (Å²) in [5.41, 5.74) is 3.35. The van der Waals surface area contributed by atoms with E-state index >= 15 is 0 Å². The SMILES string of the molecule is Cc1ccc(CCOc2cccc3c(Cl)ccnc23)cc1. The van der Waals surface area contributed by atoms with Crippen molar-refractivity contribution in [1.29, 1.82) is 0 Å². The summed E-state index contributed by atoms with van der Waals surface area (Å²) in [5.74, 6) is 0.780. The molecule has 1 aromatic heterocycles. The number of nitrogens with zero attached hydrogens (tertiary/aromatic N) is 1. The number of halogens is 1. The smallest absolute Gasteiger partial charge is 0.145 e. The second-order valence-electron chi connectivity index (χ2n) is 5.03. The van der Waals surface area contributed by atoms with Crippen LogP contribution in [0.15, 0.2) is 54.7 Å². The molecule has 0 bridgehead atoms. The van der Waals surface area contributed by atoms with Gasteiger partial charge in [-0.15, -0.1) is 0 Å². The van der Waals surface area contributed by atoms with Gasteiger partial charge in [-0.3, -0.25) is 4.98 Å². The number of benzene rings is 2. The molecule has 2 aromatic carbocycles. The van der Waals surface area contributed by atoms with Crippen LogP contribution in [0.4, 0.5) is 0 Å². The average Bonchev–Trinajstić information content (AvgIpc) is 2.50. The molecule has 0 saturated carbocycles. The first kappa shape index (κ1) is 13.9. The zero-order chi connectivity index (χ0) is 14.7. The van der Waals surface area contributed by atoms with Crippen molar-refractivity contribution in [3.05, 3.63) is 70.9 Å². The van der Waals surface area contributed by atoms with E-state index in [2.05, 4.69) is 36.2 Å². The third-order valence-electron chi connectivity index (χ3n) is 3.45. The number of hydrogen-bond acceptors (Lipinski definition) is 2. The van der Waals surface area contributed by atoms with Crippen LogP contribution in [-0.4, -0.2) is 11.6 Å². The molecule has 0 N–H and O–H groups in total. The van der Waals surface area contributed by atoms with Crippen LogP contribution >= 0.6 is 11.6 Å². The molecule has 2 nitrogen and oxygen atoms in total. The van der Waals surface area contributed by atoms with Crippen molar-refractivity contribution in [2.75, 3.05) is 6.61 Å². The monoisotopic (exact) mass is 297 g/mol. The molecule has 0 saturated heterocycles. The lowest BCUT2D eigenvalue weighted by atomic mass is 10.1. The first-order valence-corrected chi connectivity index (χ1v) is 7.33. The quantitative estimate of drug-likeness (QED) is 0.689. The van der Waals surface area contributed by atoms with E-state index in [0.717, 1.165) is 23.1 Å². The standard InChI is InChI=1S/C18H16ClNO/c1-13-5-7-14(8-6-13)10-12-21-17-4-2-3-15-16(19)9-11-20-18(15)17/h2-9,11H,10,12H2,1H3. The van der Waals surface area contributed by atoms with Gasteiger partial charge < -0.3 is 4.74 Å². The van der Waals surface area contributed by atoms with Crippen molar-refractivity contribution >= 4 is 22.5 Å². The number of aryl methyl sites for hydroxylation is 1. The van der Waals surface area contributed by atoms with Crippen LogP contribution in [0.1, 0.15) is 11.1 Å². The van der Waals surface area contributed by atoms with Crippen LogP contribution in [0.25, 0.3) is 10.9 Å². The summed E-state index contributed by atoms with van der Waals surface area (Å²) in [4.78, 5) is 4.37. The molecule has 0 radical (unpaired) electrons. The number of para-hydroxylation sites is 1. The molecular weight excluding hydrogens is 282 g/mol. The highest BCUT2D eigenvalue weighted by molar-refractivity contribution is 6.35. The number of hydrogen-bond donors (Lipinski definition) is 0. The predicted octanol–water partition coefficient (Wildman–Crippen LogP) is 4.82. The normalized spacial score (nSPS) is 10.8. The van der Waals surface area contributed by atoms with Gasteiger partial charge in [0.25, 0.3) is 0 Å². The lowest BCUT2D eigenvalue weighted by molar-refractivity contribution is 0.325. The second-order valence-corrected chi connectivity index (χ2v) is 5.44. The van der Waals surface area contributed by atoms with Crippen molar-refractivity contribution in [2.24, 2.45) is 0 Å². The molecule has 0 unspecified atom stereocenters. The van der Waals surface area contributed by atoms with Gasteiger partial charge in [0.05, 0.1) is 11.6 Å². The molecule has 106 valence electrons. The predicted molar refractivity (Wildman–Crippen MR) is 87.1 cm³/mol. The largest absolute Gasteiger partial charge is 0.491 e. The van der Waals surface area contributed by atoms with E-state index in [1.165, 1.54) is 11.1 Å². The van der Waals surface area contributed by atoms with Crippen LogP contribution in [0.5, 0.6) is 5.75 Å². The topological polar surface area (TPSA) is 22.1 Å². The van der Waals surface area contributed by atoms with Gasteiger partial charge >= 0.3 is 0 Å². The number of fused-ring (bicyclic) bond motifs is 1. The first-order valence-electron chi connectivity index (χ1n) is 6.95. The van der Waals surface area contributed by atoms with Crippen LogP contribution in [-0.2, 0) is 6.42 Å². The summed E-state index contributed by atoms with van der Waals surface area (Å²) in [6.45, 7) is 2.71. The Bertz CT molecular complexity index is 753. The van der Waals surface area contributed by atoms with Gasteiger partial charge in [0.2, 0.25) is 0 Å². The summed E-state index contributed by atoms with van der Waals surface area (Å²) in [7, 11) is 0. The Hall–Kier alpha value is -2.06. The van der Waals surface area contributed by atoms with Crippen LogP contribution in [0.3, 0.4) is 0 Å². The first-order chi connectivity index (χ1) is 10.2. The molecular formula is C18H16ClNO. The minimum atomic E-state index is 0.621. The van der Waals surface area contributed by atoms with Crippen molar-refractivity contribution in [3.63, 3.8) is 0 Å². The Kier molecular flexibility index (Phi) is 4.07. The second kappa shape index (κ2) is 6.15. The average molecular weight is 298 g/mol. The lowest BCUT2D eigenvalue weighted by Gasteiger charge is -2.09. The molecule has 3 heteroatoms. The van der Waals surface area contributed by atoms with E-state index in [9.17, 15) is 0 Å². The van der Waals surface area contributed by atoms with E-state index in [1.807, 2.05) is 18.2 Å². The molecule has 3 rings (SSSR count). The van der Waals surface area contributed by atoms with Crippen molar-refractivity contribution in [1.82, 2.24) is 4.98 Å². The Morgan fingerprint density at radius 1 is 1.05 bits per heavy atom. The van der Waals surface area contributed by atoms with Gasteiger partial charge in [0, 0.05) is 18.0 Å². The minimum absolute atomic E-state index is 0.621. The van der Waals surface area contributed by atoms with Crippen molar-refractivity contribution < 1.29 is 4.74 Å². The highest BCUT2D eigenvalue weighted by Gasteiger charge is 2.06. The maximum atomic E-state index is 6.18. The molecule has 21 heavy (non-hydrogen) atoms. The minimum Gasteiger partial charge on any atom is -0.491 e. The third-order valence-corrected chi connectivity index (χ3v) is 3.78. The molecule has 3 aromatic rings. The molecule has 0 fully saturated rings. The molecule has 0 aliphatic heterocycles. The van der Waals surface area contributed by atoms with Crippen LogP contribution in [0, 0.1) is 6.92 Å². The lowest BCUT2D eigenvalue weighted by Crippen LogP contribution is -2.02. The van der Waals surface area contributed by atoms with Gasteiger partial charge in [0.1, 0.15) is 11.3 Å². The summed E-state index contributed by atoms with van der Waals surface area (Å²) >= 11 is 6.18. The summed E-state index contributed by atoms with van der Waals surface area (Å²) in [6.07, 6.45) is 2.58. The van der Waals surface area contributed by atoms with Crippen LogP contribution in [0.2, 0.25) is 5.02 Å². The maximum Gasteiger partial charge on any atom is 0.145 e. The van der Waals surface area contributed by atoms with Gasteiger partial charge in [-0.25, -0.2) is 0 Å². The van der Waals surface area contributed by atoms with Gasteiger partial charge in [-0.05, 0) is 24.6 Å². The molecule has 0 aliphatic carbocycles. The summed E-state index contributed by atoms with van der Waals surface area (Å²) in [6, 6.07) is 16.1. The molecule has 0 spiro atoms. The van der Waals surface area contributed by atoms with Crippen molar-refractivity contribution in [2.45, 2.75) is 13.3 Å². The summed E-state index contributed by atoms with van der Waals surface area (Å²) in [5, 5.41) is 1.62. The summed E-state index contributed by atoms with van der Waals surface area (Å²) < 4.78 is 5.89.